The summed E-state index contributed by atoms with van der Waals surface area (Å²) < 4.78 is 45.6. The van der Waals surface area contributed by atoms with Crippen LogP contribution in [0.2, 0.25) is 0 Å². The quantitative estimate of drug-likeness (QED) is 0.657. The molecule has 0 saturated carbocycles. The van der Waals surface area contributed by atoms with Crippen molar-refractivity contribution in [3.05, 3.63) is 65.0 Å². The molecule has 9 heteroatoms. The normalized spacial score (nSPS) is 16.8. The summed E-state index contributed by atoms with van der Waals surface area (Å²) in [5.41, 5.74) is 2.01. The van der Waals surface area contributed by atoms with Crippen LogP contribution in [0.25, 0.3) is 0 Å². The van der Waals surface area contributed by atoms with E-state index in [2.05, 4.69) is 5.32 Å². The van der Waals surface area contributed by atoms with E-state index >= 15 is 0 Å². The van der Waals surface area contributed by atoms with E-state index < -0.39 is 34.5 Å². The summed E-state index contributed by atoms with van der Waals surface area (Å²) in [6.45, 7) is 3.25. The first kappa shape index (κ1) is 22.9. The Balaban J connectivity index is 1.56. The van der Waals surface area contributed by atoms with E-state index in [1.165, 1.54) is 18.2 Å². The molecule has 1 N–H and O–H groups in total. The highest BCUT2D eigenvalue weighted by Gasteiger charge is 2.40. The lowest BCUT2D eigenvalue weighted by Crippen LogP contribution is -2.42. The molecule has 0 radical (unpaired) electrons. The predicted molar refractivity (Wildman–Crippen MR) is 112 cm³/mol. The second-order valence-corrected chi connectivity index (χ2v) is 9.45. The monoisotopic (exact) mass is 448 g/mol. The van der Waals surface area contributed by atoms with Crippen LogP contribution in [0.15, 0.2) is 47.4 Å². The highest BCUT2D eigenvalue weighted by Crippen LogP contribution is 2.27. The molecule has 2 aromatic rings. The number of rotatable bonds is 7. The topological polar surface area (TPSA) is 92.8 Å². The molecule has 3 rings (SSSR count). The number of benzene rings is 2. The van der Waals surface area contributed by atoms with Gasteiger partial charge in [-0.1, -0.05) is 29.8 Å². The van der Waals surface area contributed by atoms with Crippen LogP contribution >= 0.6 is 0 Å². The minimum Gasteiger partial charge on any atom is -0.454 e. The van der Waals surface area contributed by atoms with Crippen molar-refractivity contribution in [3.8, 4) is 0 Å². The third-order valence-electron chi connectivity index (χ3n) is 5.17. The van der Waals surface area contributed by atoms with Crippen LogP contribution in [0.4, 0.5) is 4.39 Å². The van der Waals surface area contributed by atoms with E-state index in [4.69, 9.17) is 4.74 Å². The van der Waals surface area contributed by atoms with Gasteiger partial charge >= 0.3 is 5.97 Å². The minimum absolute atomic E-state index is 0.0882. The summed E-state index contributed by atoms with van der Waals surface area (Å²) in [4.78, 5) is 24.6. The average Bonchev–Trinajstić information content (AvgIpc) is 3.24. The molecule has 1 amide bonds. The van der Waals surface area contributed by atoms with E-state index in [0.29, 0.717) is 24.0 Å². The maximum Gasteiger partial charge on any atom is 0.324 e. The van der Waals surface area contributed by atoms with Gasteiger partial charge < -0.3 is 10.1 Å². The Morgan fingerprint density at radius 1 is 1.16 bits per heavy atom. The molecule has 1 aliphatic heterocycles. The van der Waals surface area contributed by atoms with Crippen molar-refractivity contribution in [1.29, 1.82) is 0 Å². The summed E-state index contributed by atoms with van der Waals surface area (Å²) in [5, 5.41) is 2.55. The molecule has 0 bridgehead atoms. The zero-order valence-corrected chi connectivity index (χ0v) is 18.2. The number of hydrogen-bond donors (Lipinski definition) is 1. The van der Waals surface area contributed by atoms with Gasteiger partial charge in [-0.3, -0.25) is 9.59 Å². The van der Waals surface area contributed by atoms with Crippen molar-refractivity contribution < 1.29 is 27.1 Å². The minimum atomic E-state index is -3.85. The Hall–Kier alpha value is -2.78. The summed E-state index contributed by atoms with van der Waals surface area (Å²) in [7, 11) is -3.85. The third-order valence-corrected chi connectivity index (χ3v) is 7.10. The lowest BCUT2D eigenvalue weighted by molar-refractivity contribution is -0.151. The van der Waals surface area contributed by atoms with Gasteiger partial charge in [-0.2, -0.15) is 4.31 Å². The largest absolute Gasteiger partial charge is 0.454 e. The van der Waals surface area contributed by atoms with Crippen LogP contribution in [0.3, 0.4) is 0 Å². The third kappa shape index (κ3) is 5.48. The number of carbonyl (C=O) groups excluding carboxylic acids is 2. The molecule has 2 aromatic carbocycles. The first-order valence-electron chi connectivity index (χ1n) is 9.95. The standard InChI is InChI=1S/C22H25FN2O5S/c1-15-5-9-18(10-6-15)31(28,29)25-11-3-4-20(25)22(27)30-14-21(26)24-13-17-8-7-16(2)19(23)12-17/h5-10,12,20H,3-4,11,13-14H2,1-2H3,(H,24,26)/t20-/m0/s1. The number of esters is 1. The zero-order valence-electron chi connectivity index (χ0n) is 17.4. The Morgan fingerprint density at radius 2 is 1.87 bits per heavy atom. The van der Waals surface area contributed by atoms with Crippen LogP contribution in [-0.2, 0) is 30.9 Å². The van der Waals surface area contributed by atoms with Gasteiger partial charge in [0.25, 0.3) is 5.91 Å². The second kappa shape index (κ2) is 9.57. The van der Waals surface area contributed by atoms with Gasteiger partial charge in [0.15, 0.2) is 6.61 Å². The molecule has 0 aromatic heterocycles. The number of ether oxygens (including phenoxy) is 1. The molecule has 1 heterocycles. The zero-order chi connectivity index (χ0) is 22.6. The Labute approximate surface area is 181 Å². The van der Waals surface area contributed by atoms with E-state index in [-0.39, 0.29) is 23.8 Å². The summed E-state index contributed by atoms with van der Waals surface area (Å²) in [6.07, 6.45) is 0.851. The number of aryl methyl sites for hydroxylation is 2. The van der Waals surface area contributed by atoms with Gasteiger partial charge in [0.05, 0.1) is 4.90 Å². The van der Waals surface area contributed by atoms with Gasteiger partial charge in [-0.25, -0.2) is 12.8 Å². The van der Waals surface area contributed by atoms with Crippen molar-refractivity contribution in [2.24, 2.45) is 0 Å². The molecule has 166 valence electrons. The number of amides is 1. The SMILES string of the molecule is Cc1ccc(S(=O)(=O)N2CCC[C@H]2C(=O)OCC(=O)NCc2ccc(C)c(F)c2)cc1. The van der Waals surface area contributed by atoms with Crippen molar-refractivity contribution in [1.82, 2.24) is 9.62 Å². The molecule has 1 aliphatic rings. The fraction of sp³-hybridized carbons (Fsp3) is 0.364. The number of sulfonamides is 1. The maximum atomic E-state index is 13.6. The van der Waals surface area contributed by atoms with E-state index in [9.17, 15) is 22.4 Å². The molecular formula is C22H25FN2O5S. The average molecular weight is 449 g/mol. The number of nitrogens with zero attached hydrogens (tertiary/aromatic N) is 1. The molecule has 31 heavy (non-hydrogen) atoms. The van der Waals surface area contributed by atoms with Crippen LogP contribution in [0, 0.1) is 19.7 Å². The van der Waals surface area contributed by atoms with Crippen molar-refractivity contribution in [3.63, 3.8) is 0 Å². The highest BCUT2D eigenvalue weighted by molar-refractivity contribution is 7.89. The molecular weight excluding hydrogens is 423 g/mol. The molecule has 7 nitrogen and oxygen atoms in total. The van der Waals surface area contributed by atoms with Crippen LogP contribution in [0.5, 0.6) is 0 Å². The van der Waals surface area contributed by atoms with Crippen molar-refractivity contribution in [2.45, 2.75) is 44.2 Å². The number of halogens is 1. The molecule has 1 atom stereocenters. The number of nitrogens with one attached hydrogen (secondary N) is 1. The maximum absolute atomic E-state index is 13.6. The molecule has 1 saturated heterocycles. The Morgan fingerprint density at radius 3 is 2.55 bits per heavy atom. The summed E-state index contributed by atoms with van der Waals surface area (Å²) >= 11 is 0. The first-order valence-corrected chi connectivity index (χ1v) is 11.4. The van der Waals surface area contributed by atoms with Crippen molar-refractivity contribution in [2.75, 3.05) is 13.2 Å². The van der Waals surface area contributed by atoms with Crippen LogP contribution in [-0.4, -0.2) is 43.8 Å². The first-order chi connectivity index (χ1) is 14.7. The van der Waals surface area contributed by atoms with E-state index in [1.54, 1.807) is 31.2 Å². The number of hydrogen-bond acceptors (Lipinski definition) is 5. The fourth-order valence-electron chi connectivity index (χ4n) is 3.34. The summed E-state index contributed by atoms with van der Waals surface area (Å²) in [5.74, 6) is -1.68. The van der Waals surface area contributed by atoms with Gasteiger partial charge in [-0.15, -0.1) is 0 Å². The van der Waals surface area contributed by atoms with Crippen LogP contribution in [0.1, 0.15) is 29.5 Å². The predicted octanol–water partition coefficient (Wildman–Crippen LogP) is 2.46. The lowest BCUT2D eigenvalue weighted by Gasteiger charge is -2.22. The van der Waals surface area contributed by atoms with Crippen molar-refractivity contribution >= 4 is 21.9 Å². The highest BCUT2D eigenvalue weighted by atomic mass is 32.2. The van der Waals surface area contributed by atoms with E-state index in [0.717, 1.165) is 9.87 Å². The summed E-state index contributed by atoms with van der Waals surface area (Å²) in [6, 6.07) is 10.1. The molecule has 0 spiro atoms. The Kier molecular flexibility index (Phi) is 7.07. The number of carbonyl (C=O) groups is 2. The smallest absolute Gasteiger partial charge is 0.324 e. The van der Waals surface area contributed by atoms with Gasteiger partial charge in [0, 0.05) is 13.1 Å². The molecule has 1 fully saturated rings. The van der Waals surface area contributed by atoms with Crippen LogP contribution < -0.4 is 5.32 Å². The van der Waals surface area contributed by atoms with Gasteiger partial charge in [0.1, 0.15) is 11.9 Å². The van der Waals surface area contributed by atoms with Gasteiger partial charge in [-0.05, 0) is 56.0 Å². The molecule has 0 aliphatic carbocycles. The second-order valence-electron chi connectivity index (χ2n) is 7.55. The lowest BCUT2D eigenvalue weighted by atomic mass is 10.1. The van der Waals surface area contributed by atoms with Gasteiger partial charge in [0.2, 0.25) is 10.0 Å². The van der Waals surface area contributed by atoms with E-state index in [1.807, 2.05) is 6.92 Å². The Bertz CT molecular complexity index is 1070. The fourth-order valence-corrected chi connectivity index (χ4v) is 4.99. The molecule has 0 unspecified atom stereocenters.